The molecule has 2 aliphatic rings. The van der Waals surface area contributed by atoms with Gasteiger partial charge < -0.3 is 19.6 Å². The number of nitrogens with zero attached hydrogens (tertiary/aromatic N) is 4. The lowest BCUT2D eigenvalue weighted by Crippen LogP contribution is -2.49. The molecule has 0 radical (unpaired) electrons. The van der Waals surface area contributed by atoms with Crippen molar-refractivity contribution in [1.29, 1.82) is 0 Å². The highest BCUT2D eigenvalue weighted by atomic mass is 16.3. The van der Waals surface area contributed by atoms with Gasteiger partial charge in [0.05, 0.1) is 6.54 Å². The SMILES string of the molecule is NCc1nc(C(=O)N2C[C@@H]3C[C@H](C2)c2cc(-c4cccnc4)cc(=O)n2C3)co1. The molecule has 1 saturated heterocycles. The van der Waals surface area contributed by atoms with E-state index in [0.717, 1.165) is 23.2 Å². The van der Waals surface area contributed by atoms with Gasteiger partial charge in [-0.3, -0.25) is 14.6 Å². The first kappa shape index (κ1) is 17.8. The van der Waals surface area contributed by atoms with E-state index in [1.165, 1.54) is 6.26 Å². The van der Waals surface area contributed by atoms with Gasteiger partial charge in [-0.25, -0.2) is 4.98 Å². The van der Waals surface area contributed by atoms with Crippen molar-refractivity contribution in [3.05, 3.63) is 70.6 Å². The van der Waals surface area contributed by atoms with Crippen LogP contribution in [0.25, 0.3) is 11.1 Å². The van der Waals surface area contributed by atoms with Crippen molar-refractivity contribution >= 4 is 5.91 Å². The molecule has 2 bridgehead atoms. The Balaban J connectivity index is 1.47. The van der Waals surface area contributed by atoms with Crippen LogP contribution >= 0.6 is 0 Å². The topological polar surface area (TPSA) is 107 Å². The van der Waals surface area contributed by atoms with Gasteiger partial charge in [0.1, 0.15) is 6.26 Å². The maximum atomic E-state index is 12.9. The molecule has 3 aromatic rings. The molecule has 2 atom stereocenters. The van der Waals surface area contributed by atoms with Crippen LogP contribution < -0.4 is 11.3 Å². The Morgan fingerprint density at radius 2 is 2.14 bits per heavy atom. The number of aromatic nitrogens is 3. The number of hydrogen-bond acceptors (Lipinski definition) is 6. The first-order valence-electron chi connectivity index (χ1n) is 9.71. The van der Waals surface area contributed by atoms with Crippen molar-refractivity contribution in [1.82, 2.24) is 19.4 Å². The van der Waals surface area contributed by atoms with Gasteiger partial charge in [-0.15, -0.1) is 0 Å². The third-order valence-electron chi connectivity index (χ3n) is 5.78. The summed E-state index contributed by atoms with van der Waals surface area (Å²) in [5.74, 6) is 0.551. The molecule has 2 aliphatic heterocycles. The van der Waals surface area contributed by atoms with E-state index >= 15 is 0 Å². The minimum absolute atomic E-state index is 0.0000755. The summed E-state index contributed by atoms with van der Waals surface area (Å²) in [4.78, 5) is 35.8. The molecule has 0 spiro atoms. The van der Waals surface area contributed by atoms with Crippen LogP contribution in [0.2, 0.25) is 0 Å². The molecule has 8 heteroatoms. The quantitative estimate of drug-likeness (QED) is 0.727. The third kappa shape index (κ3) is 3.15. The molecule has 0 aliphatic carbocycles. The summed E-state index contributed by atoms with van der Waals surface area (Å²) in [5.41, 5.74) is 8.57. The van der Waals surface area contributed by atoms with E-state index < -0.39 is 0 Å². The molecule has 5 rings (SSSR count). The Morgan fingerprint density at radius 3 is 2.90 bits per heavy atom. The largest absolute Gasteiger partial charge is 0.447 e. The molecule has 0 unspecified atom stereocenters. The summed E-state index contributed by atoms with van der Waals surface area (Å²) in [6.07, 6.45) is 5.80. The lowest BCUT2D eigenvalue weighted by Gasteiger charge is -2.42. The summed E-state index contributed by atoms with van der Waals surface area (Å²) in [6, 6.07) is 7.54. The zero-order chi connectivity index (χ0) is 20.0. The number of rotatable bonds is 3. The van der Waals surface area contributed by atoms with Crippen molar-refractivity contribution in [2.75, 3.05) is 13.1 Å². The van der Waals surface area contributed by atoms with Gasteiger partial charge in [-0.2, -0.15) is 0 Å². The molecule has 1 fully saturated rings. The number of oxazole rings is 1. The number of carbonyl (C=O) groups is 1. The average Bonchev–Trinajstić information content (AvgIpc) is 3.23. The van der Waals surface area contributed by atoms with Gasteiger partial charge in [-0.05, 0) is 30.0 Å². The number of likely N-dealkylation sites (tertiary alicyclic amines) is 1. The van der Waals surface area contributed by atoms with Crippen LogP contribution in [0.1, 0.15) is 34.4 Å². The van der Waals surface area contributed by atoms with E-state index in [0.29, 0.717) is 25.5 Å². The first-order chi connectivity index (χ1) is 14.1. The Bertz CT molecular complexity index is 1120. The fourth-order valence-corrected chi connectivity index (χ4v) is 4.49. The number of piperidine rings is 1. The van der Waals surface area contributed by atoms with Crippen LogP contribution in [0.5, 0.6) is 0 Å². The van der Waals surface area contributed by atoms with Crippen LogP contribution in [0.15, 0.2) is 52.1 Å². The van der Waals surface area contributed by atoms with Gasteiger partial charge in [0, 0.05) is 55.3 Å². The molecule has 1 amide bonds. The Hall–Kier alpha value is -3.26. The van der Waals surface area contributed by atoms with Crippen LogP contribution in [0, 0.1) is 5.92 Å². The lowest BCUT2D eigenvalue weighted by atomic mass is 9.82. The number of fused-ring (bicyclic) bond motifs is 4. The zero-order valence-corrected chi connectivity index (χ0v) is 15.8. The minimum Gasteiger partial charge on any atom is -0.447 e. The fourth-order valence-electron chi connectivity index (χ4n) is 4.49. The van der Waals surface area contributed by atoms with E-state index in [2.05, 4.69) is 16.0 Å². The minimum atomic E-state index is -0.151. The third-order valence-corrected chi connectivity index (χ3v) is 5.78. The molecule has 29 heavy (non-hydrogen) atoms. The van der Waals surface area contributed by atoms with Gasteiger partial charge in [0.15, 0.2) is 5.69 Å². The highest BCUT2D eigenvalue weighted by Crippen LogP contribution is 2.36. The lowest BCUT2D eigenvalue weighted by molar-refractivity contribution is 0.0589. The van der Waals surface area contributed by atoms with Crippen molar-refractivity contribution in [2.24, 2.45) is 11.7 Å². The summed E-state index contributed by atoms with van der Waals surface area (Å²) < 4.78 is 7.09. The number of nitrogens with two attached hydrogens (primary N) is 1. The summed E-state index contributed by atoms with van der Waals surface area (Å²) in [7, 11) is 0. The molecule has 5 heterocycles. The average molecular weight is 391 g/mol. The second-order valence-electron chi connectivity index (χ2n) is 7.70. The molecule has 2 N–H and O–H groups in total. The zero-order valence-electron chi connectivity index (χ0n) is 15.8. The van der Waals surface area contributed by atoms with E-state index in [1.807, 2.05) is 21.6 Å². The van der Waals surface area contributed by atoms with Gasteiger partial charge in [0.2, 0.25) is 5.89 Å². The summed E-state index contributed by atoms with van der Waals surface area (Å²) in [6.45, 7) is 1.94. The molecule has 148 valence electrons. The van der Waals surface area contributed by atoms with Crippen LogP contribution in [-0.2, 0) is 13.1 Å². The Morgan fingerprint density at radius 1 is 1.24 bits per heavy atom. The molecular weight excluding hydrogens is 370 g/mol. The van der Waals surface area contributed by atoms with Gasteiger partial charge in [-0.1, -0.05) is 6.07 Å². The van der Waals surface area contributed by atoms with Crippen LogP contribution in [-0.4, -0.2) is 38.4 Å². The molecule has 0 aromatic carbocycles. The number of amides is 1. The monoisotopic (exact) mass is 391 g/mol. The second kappa shape index (κ2) is 6.97. The van der Waals surface area contributed by atoms with Crippen molar-refractivity contribution < 1.29 is 9.21 Å². The molecule has 8 nitrogen and oxygen atoms in total. The number of pyridine rings is 2. The van der Waals surface area contributed by atoms with E-state index in [1.54, 1.807) is 18.5 Å². The maximum absolute atomic E-state index is 12.9. The summed E-state index contributed by atoms with van der Waals surface area (Å²) >= 11 is 0. The Kier molecular flexibility index (Phi) is 4.28. The summed E-state index contributed by atoms with van der Waals surface area (Å²) in [5, 5.41) is 0. The second-order valence-corrected chi connectivity index (χ2v) is 7.70. The van der Waals surface area contributed by atoms with Gasteiger partial charge >= 0.3 is 0 Å². The van der Waals surface area contributed by atoms with Crippen molar-refractivity contribution in [2.45, 2.75) is 25.4 Å². The fraction of sp³-hybridized carbons (Fsp3) is 0.333. The molecule has 0 saturated carbocycles. The van der Waals surface area contributed by atoms with E-state index in [9.17, 15) is 9.59 Å². The standard InChI is InChI=1S/C21H21N5O3/c22-7-19-24-17(12-29-19)21(28)25-9-13-4-16(11-25)18-5-15(6-20(27)26(18)10-13)14-2-1-3-23-8-14/h1-3,5-6,8,12-13,16H,4,7,9-11,22H2/t13-,16+/m0/s1. The molecule has 3 aromatic heterocycles. The van der Waals surface area contributed by atoms with Crippen molar-refractivity contribution in [3.63, 3.8) is 0 Å². The Labute approximate surface area is 167 Å². The normalized spacial score (nSPS) is 20.4. The number of hydrogen-bond donors (Lipinski definition) is 1. The van der Waals surface area contributed by atoms with Gasteiger partial charge in [0.25, 0.3) is 11.5 Å². The smallest absolute Gasteiger partial charge is 0.275 e. The van der Waals surface area contributed by atoms with E-state index in [-0.39, 0.29) is 35.5 Å². The first-order valence-corrected chi connectivity index (χ1v) is 9.71. The van der Waals surface area contributed by atoms with Crippen LogP contribution in [0.4, 0.5) is 0 Å². The van der Waals surface area contributed by atoms with E-state index in [4.69, 9.17) is 10.2 Å². The van der Waals surface area contributed by atoms with Crippen molar-refractivity contribution in [3.8, 4) is 11.1 Å². The van der Waals surface area contributed by atoms with Crippen LogP contribution in [0.3, 0.4) is 0 Å². The highest BCUT2D eigenvalue weighted by Gasteiger charge is 2.37. The maximum Gasteiger partial charge on any atom is 0.275 e. The number of carbonyl (C=O) groups excluding carboxylic acids is 1. The molecular formula is C21H21N5O3. The predicted molar refractivity (Wildman–Crippen MR) is 105 cm³/mol. The predicted octanol–water partition coefficient (Wildman–Crippen LogP) is 1.62. The highest BCUT2D eigenvalue weighted by molar-refractivity contribution is 5.92.